The number of halogens is 2. The Balaban J connectivity index is 3.23. The SMILES string of the molecule is CCCN(C(=O)OC(C)(C)C)C(C(=O)O)c1ccc(Br)c(F)c1. The number of carbonyl (C=O) groups is 2. The van der Waals surface area contributed by atoms with E-state index in [1.165, 1.54) is 12.1 Å². The van der Waals surface area contributed by atoms with E-state index in [1.807, 2.05) is 6.92 Å². The Morgan fingerprint density at radius 1 is 1.39 bits per heavy atom. The molecule has 0 radical (unpaired) electrons. The van der Waals surface area contributed by atoms with Gasteiger partial charge in [-0.05, 0) is 60.8 Å². The van der Waals surface area contributed by atoms with Gasteiger partial charge in [0, 0.05) is 6.54 Å². The number of aliphatic carboxylic acids is 1. The first-order valence-corrected chi connectivity index (χ1v) is 8.03. The van der Waals surface area contributed by atoms with Crippen LogP contribution in [-0.2, 0) is 9.53 Å². The van der Waals surface area contributed by atoms with Gasteiger partial charge in [-0.3, -0.25) is 4.90 Å². The lowest BCUT2D eigenvalue weighted by Crippen LogP contribution is -2.42. The molecule has 0 spiro atoms. The molecule has 0 aliphatic carbocycles. The van der Waals surface area contributed by atoms with Crippen molar-refractivity contribution in [1.82, 2.24) is 4.90 Å². The molecule has 0 aliphatic rings. The highest BCUT2D eigenvalue weighted by atomic mass is 79.9. The van der Waals surface area contributed by atoms with E-state index in [-0.39, 0.29) is 16.6 Å². The molecular formula is C16H21BrFNO4. The van der Waals surface area contributed by atoms with E-state index in [0.29, 0.717) is 6.42 Å². The van der Waals surface area contributed by atoms with Gasteiger partial charge in [-0.1, -0.05) is 13.0 Å². The van der Waals surface area contributed by atoms with Crippen molar-refractivity contribution in [2.75, 3.05) is 6.54 Å². The van der Waals surface area contributed by atoms with Crippen molar-refractivity contribution in [1.29, 1.82) is 0 Å². The zero-order chi connectivity index (χ0) is 17.8. The molecule has 0 aromatic heterocycles. The van der Waals surface area contributed by atoms with E-state index in [4.69, 9.17) is 4.74 Å². The molecule has 7 heteroatoms. The number of carboxylic acid groups (broad SMARTS) is 1. The predicted molar refractivity (Wildman–Crippen MR) is 87.7 cm³/mol. The first-order valence-electron chi connectivity index (χ1n) is 7.24. The summed E-state index contributed by atoms with van der Waals surface area (Å²) in [5, 5.41) is 9.55. The van der Waals surface area contributed by atoms with Gasteiger partial charge in [0.15, 0.2) is 6.04 Å². The Kier molecular flexibility index (Phi) is 6.56. The molecule has 1 atom stereocenters. The first-order chi connectivity index (χ1) is 10.6. The Hall–Kier alpha value is -1.63. The Morgan fingerprint density at radius 2 is 2.00 bits per heavy atom. The average molecular weight is 390 g/mol. The number of carboxylic acids is 1. The Bertz CT molecular complexity index is 586. The van der Waals surface area contributed by atoms with Crippen molar-refractivity contribution >= 4 is 28.0 Å². The number of hydrogen-bond acceptors (Lipinski definition) is 3. The number of carbonyl (C=O) groups excluding carboxylic acids is 1. The topological polar surface area (TPSA) is 66.8 Å². The molecule has 0 saturated heterocycles. The van der Waals surface area contributed by atoms with Crippen LogP contribution in [0.25, 0.3) is 0 Å². The van der Waals surface area contributed by atoms with Gasteiger partial charge in [0.25, 0.3) is 0 Å². The highest BCUT2D eigenvalue weighted by molar-refractivity contribution is 9.10. The van der Waals surface area contributed by atoms with Gasteiger partial charge in [-0.2, -0.15) is 0 Å². The quantitative estimate of drug-likeness (QED) is 0.811. The highest BCUT2D eigenvalue weighted by Crippen LogP contribution is 2.27. The molecule has 5 nitrogen and oxygen atoms in total. The second-order valence-corrected chi connectivity index (χ2v) is 6.94. The largest absolute Gasteiger partial charge is 0.479 e. The van der Waals surface area contributed by atoms with E-state index in [1.54, 1.807) is 20.8 Å². The normalized spacial score (nSPS) is 12.6. The average Bonchev–Trinajstić information content (AvgIpc) is 2.39. The molecule has 0 heterocycles. The van der Waals surface area contributed by atoms with Crippen LogP contribution in [0.3, 0.4) is 0 Å². The molecule has 0 saturated carbocycles. The minimum absolute atomic E-state index is 0.178. The Morgan fingerprint density at radius 3 is 2.43 bits per heavy atom. The van der Waals surface area contributed by atoms with Gasteiger partial charge in [-0.25, -0.2) is 14.0 Å². The second kappa shape index (κ2) is 7.77. The zero-order valence-electron chi connectivity index (χ0n) is 13.6. The van der Waals surface area contributed by atoms with Crippen LogP contribution < -0.4 is 0 Å². The fourth-order valence-corrected chi connectivity index (χ4v) is 2.27. The van der Waals surface area contributed by atoms with Crippen LogP contribution in [0.2, 0.25) is 0 Å². The van der Waals surface area contributed by atoms with Crippen LogP contribution >= 0.6 is 15.9 Å². The summed E-state index contributed by atoms with van der Waals surface area (Å²) in [6, 6.07) is 2.68. The second-order valence-electron chi connectivity index (χ2n) is 6.09. The minimum atomic E-state index is -1.31. The minimum Gasteiger partial charge on any atom is -0.479 e. The molecule has 128 valence electrons. The zero-order valence-corrected chi connectivity index (χ0v) is 15.2. The lowest BCUT2D eigenvalue weighted by molar-refractivity contribution is -0.143. The van der Waals surface area contributed by atoms with Crippen molar-refractivity contribution in [3.05, 3.63) is 34.1 Å². The fourth-order valence-electron chi connectivity index (χ4n) is 2.03. The Labute approximate surface area is 143 Å². The maximum absolute atomic E-state index is 13.7. The summed E-state index contributed by atoms with van der Waals surface area (Å²) in [5.74, 6) is -1.83. The van der Waals surface area contributed by atoms with Crippen LogP contribution in [0, 0.1) is 5.82 Å². The first kappa shape index (κ1) is 19.4. The standard InChI is InChI=1S/C16H21BrFNO4/c1-5-8-19(15(22)23-16(2,3)4)13(14(20)21)10-6-7-11(17)12(18)9-10/h6-7,9,13H,5,8H2,1-4H3,(H,20,21). The molecule has 23 heavy (non-hydrogen) atoms. The van der Waals surface area contributed by atoms with Gasteiger partial charge in [0.2, 0.25) is 0 Å². The molecular weight excluding hydrogens is 369 g/mol. The molecule has 1 aromatic carbocycles. The van der Waals surface area contributed by atoms with Gasteiger partial charge in [0.05, 0.1) is 4.47 Å². The third-order valence-electron chi connectivity index (χ3n) is 2.90. The van der Waals surface area contributed by atoms with Crippen molar-refractivity contribution in [2.24, 2.45) is 0 Å². The lowest BCUT2D eigenvalue weighted by atomic mass is 10.1. The molecule has 0 bridgehead atoms. The smallest absolute Gasteiger partial charge is 0.411 e. The maximum atomic E-state index is 13.7. The summed E-state index contributed by atoms with van der Waals surface area (Å²) in [6.45, 7) is 7.10. The van der Waals surface area contributed by atoms with E-state index >= 15 is 0 Å². The summed E-state index contributed by atoms with van der Waals surface area (Å²) < 4.78 is 19.3. The molecule has 1 aromatic rings. The monoisotopic (exact) mass is 389 g/mol. The van der Waals surface area contributed by atoms with Crippen LogP contribution in [0.15, 0.2) is 22.7 Å². The van der Waals surface area contributed by atoms with E-state index in [2.05, 4.69) is 15.9 Å². The summed E-state index contributed by atoms with van der Waals surface area (Å²) in [4.78, 5) is 25.2. The number of hydrogen-bond donors (Lipinski definition) is 1. The van der Waals surface area contributed by atoms with E-state index in [0.717, 1.165) is 11.0 Å². The highest BCUT2D eigenvalue weighted by Gasteiger charge is 2.34. The molecule has 1 N–H and O–H groups in total. The van der Waals surface area contributed by atoms with Crippen molar-refractivity contribution in [3.8, 4) is 0 Å². The van der Waals surface area contributed by atoms with Crippen LogP contribution in [0.1, 0.15) is 45.7 Å². The van der Waals surface area contributed by atoms with Crippen LogP contribution in [0.4, 0.5) is 9.18 Å². The molecule has 1 rings (SSSR count). The number of rotatable bonds is 5. The van der Waals surface area contributed by atoms with Crippen molar-refractivity contribution in [3.63, 3.8) is 0 Å². The summed E-state index contributed by atoms with van der Waals surface area (Å²) >= 11 is 3.02. The van der Waals surface area contributed by atoms with Gasteiger partial charge < -0.3 is 9.84 Å². The van der Waals surface area contributed by atoms with Crippen LogP contribution in [0.5, 0.6) is 0 Å². The lowest BCUT2D eigenvalue weighted by Gasteiger charge is -2.31. The van der Waals surface area contributed by atoms with E-state index < -0.39 is 29.5 Å². The number of nitrogens with zero attached hydrogens (tertiary/aromatic N) is 1. The number of benzene rings is 1. The van der Waals surface area contributed by atoms with E-state index in [9.17, 15) is 19.1 Å². The van der Waals surface area contributed by atoms with Crippen LogP contribution in [-0.4, -0.2) is 34.2 Å². The third kappa shape index (κ3) is 5.49. The van der Waals surface area contributed by atoms with Gasteiger partial charge >= 0.3 is 12.1 Å². The summed E-state index contributed by atoms with van der Waals surface area (Å²) in [7, 11) is 0. The van der Waals surface area contributed by atoms with Gasteiger partial charge in [-0.15, -0.1) is 0 Å². The third-order valence-corrected chi connectivity index (χ3v) is 3.54. The molecule has 0 aliphatic heterocycles. The number of ether oxygens (including phenoxy) is 1. The van der Waals surface area contributed by atoms with Crippen molar-refractivity contribution in [2.45, 2.75) is 45.8 Å². The maximum Gasteiger partial charge on any atom is 0.411 e. The van der Waals surface area contributed by atoms with Crippen molar-refractivity contribution < 1.29 is 23.8 Å². The summed E-state index contributed by atoms with van der Waals surface area (Å²) in [5.41, 5.74) is -0.575. The molecule has 1 amide bonds. The van der Waals surface area contributed by atoms with Gasteiger partial charge in [0.1, 0.15) is 11.4 Å². The summed E-state index contributed by atoms with van der Waals surface area (Å²) in [6.07, 6.45) is -0.197. The molecule has 1 unspecified atom stereocenters. The number of amides is 1. The fraction of sp³-hybridized carbons (Fsp3) is 0.500. The molecule has 0 fully saturated rings. The predicted octanol–water partition coefficient (Wildman–Crippen LogP) is 4.36.